The zero-order valence-corrected chi connectivity index (χ0v) is 9.93. The monoisotopic (exact) mass is 294 g/mol. The molecule has 2 rings (SSSR count). The van der Waals surface area contributed by atoms with Crippen LogP contribution in [0.1, 0.15) is 11.1 Å². The van der Waals surface area contributed by atoms with Crippen LogP contribution in [0.5, 0.6) is 0 Å². The molecule has 4 nitrogen and oxygen atoms in total. The first-order valence-electron chi connectivity index (χ1n) is 3.99. The van der Waals surface area contributed by atoms with Gasteiger partial charge in [-0.25, -0.2) is 0 Å². The summed E-state index contributed by atoms with van der Waals surface area (Å²) < 4.78 is 35.6. The third-order valence-corrected chi connectivity index (χ3v) is 5.83. The second-order valence-corrected chi connectivity index (χ2v) is 6.94. The molecule has 0 aliphatic carbocycles. The third kappa shape index (κ3) is 2.96. The Balaban J connectivity index is 2.27. The van der Waals surface area contributed by atoms with Crippen molar-refractivity contribution in [3.05, 3.63) is 40.4 Å². The zero-order chi connectivity index (χ0) is 10.9. The normalized spacial score (nSPS) is 19.5. The molecule has 0 saturated heterocycles. The standard InChI is InChI=1S/C9H7ClO4Se/c11-10(12,13)14-15-6-5-8-3-1-2-4-9(8)7-15/h1-7H. The zero-order valence-electron chi connectivity index (χ0n) is 7.46. The molecule has 6 heteroatoms. The van der Waals surface area contributed by atoms with Crippen molar-refractivity contribution in [2.24, 2.45) is 0 Å². The summed E-state index contributed by atoms with van der Waals surface area (Å²) in [6.07, 6.45) is 1.78. The van der Waals surface area contributed by atoms with Gasteiger partial charge in [0.25, 0.3) is 0 Å². The topological polar surface area (TPSA) is 78.4 Å². The van der Waals surface area contributed by atoms with Gasteiger partial charge in [0.05, 0.1) is 0 Å². The van der Waals surface area contributed by atoms with Crippen LogP contribution in [0, 0.1) is 10.2 Å². The summed E-state index contributed by atoms with van der Waals surface area (Å²) in [5.41, 5.74) is 1.91. The van der Waals surface area contributed by atoms with Gasteiger partial charge in [-0.3, -0.25) is 0 Å². The first kappa shape index (κ1) is 11.0. The fourth-order valence-corrected chi connectivity index (χ4v) is 4.80. The maximum absolute atomic E-state index is 10.4. The predicted molar refractivity (Wildman–Crippen MR) is 47.5 cm³/mol. The predicted octanol–water partition coefficient (Wildman–Crippen LogP) is -2.11. The quantitative estimate of drug-likeness (QED) is 0.585. The third-order valence-electron chi connectivity index (χ3n) is 1.77. The molecule has 15 heavy (non-hydrogen) atoms. The van der Waals surface area contributed by atoms with Crippen LogP contribution in [-0.4, -0.2) is 18.7 Å². The molecule has 1 atom stereocenters. The van der Waals surface area contributed by atoms with Crippen LogP contribution in [0.25, 0.3) is 6.08 Å². The molecule has 1 heterocycles. The van der Waals surface area contributed by atoms with Gasteiger partial charge in [-0.15, -0.1) is 0 Å². The van der Waals surface area contributed by atoms with E-state index in [1.165, 1.54) is 0 Å². The molecule has 0 spiro atoms. The Morgan fingerprint density at radius 2 is 1.73 bits per heavy atom. The van der Waals surface area contributed by atoms with E-state index in [4.69, 9.17) is 0 Å². The van der Waals surface area contributed by atoms with Gasteiger partial charge in [-0.05, 0) is 0 Å². The van der Waals surface area contributed by atoms with Crippen molar-refractivity contribution in [2.45, 2.75) is 0 Å². The minimum atomic E-state index is -4.33. The number of benzene rings is 1. The summed E-state index contributed by atoms with van der Waals surface area (Å²) >= 11 is -2.07. The second kappa shape index (κ2) is 4.15. The Hall–Kier alpha value is -0.521. The van der Waals surface area contributed by atoms with Crippen LogP contribution in [0.4, 0.5) is 0 Å². The summed E-state index contributed by atoms with van der Waals surface area (Å²) in [6.45, 7) is 0. The number of rotatable bonds is 2. The van der Waals surface area contributed by atoms with Crippen LogP contribution in [0.2, 0.25) is 0 Å². The van der Waals surface area contributed by atoms with Crippen LogP contribution >= 0.6 is 0 Å². The van der Waals surface area contributed by atoms with Gasteiger partial charge in [0.15, 0.2) is 0 Å². The minimum absolute atomic E-state index is 0.906. The van der Waals surface area contributed by atoms with Crippen molar-refractivity contribution < 1.29 is 27.6 Å². The summed E-state index contributed by atoms with van der Waals surface area (Å²) in [4.78, 5) is 3.35. The van der Waals surface area contributed by atoms with Crippen LogP contribution in [0.15, 0.2) is 29.2 Å². The molecule has 80 valence electrons. The van der Waals surface area contributed by atoms with Crippen molar-refractivity contribution in [1.29, 1.82) is 0 Å². The van der Waals surface area contributed by atoms with Gasteiger partial charge in [0, 0.05) is 0 Å². The molecule has 0 N–H and O–H groups in total. The molecule has 1 aliphatic rings. The molecule has 0 bridgehead atoms. The van der Waals surface area contributed by atoms with Crippen molar-refractivity contribution in [2.75, 3.05) is 0 Å². The maximum atomic E-state index is 10.4. The Morgan fingerprint density at radius 3 is 2.40 bits per heavy atom. The Kier molecular flexibility index (Phi) is 3.04. The first-order valence-corrected chi connectivity index (χ1v) is 7.91. The van der Waals surface area contributed by atoms with Crippen LogP contribution in [0.3, 0.4) is 0 Å². The van der Waals surface area contributed by atoms with E-state index in [1.807, 2.05) is 24.3 Å². The molecular formula is C9H7ClO4Se. The second-order valence-electron chi connectivity index (χ2n) is 2.82. The molecule has 1 aromatic rings. The van der Waals surface area contributed by atoms with E-state index in [9.17, 15) is 14.0 Å². The molecule has 0 saturated carbocycles. The molecule has 1 aliphatic heterocycles. The summed E-state index contributed by atoms with van der Waals surface area (Å²) in [7, 11) is -4.33. The van der Waals surface area contributed by atoms with Crippen molar-refractivity contribution >= 4 is 24.8 Å². The van der Waals surface area contributed by atoms with Crippen molar-refractivity contribution in [3.8, 4) is 0 Å². The summed E-state index contributed by atoms with van der Waals surface area (Å²) in [5, 5.41) is 0. The molecule has 1 unspecified atom stereocenters. The van der Waals surface area contributed by atoms with E-state index in [-0.39, 0.29) is 0 Å². The molecule has 0 amide bonds. The molecule has 0 fully saturated rings. The number of fused-ring (bicyclic) bond motifs is 1. The number of hydrogen-bond acceptors (Lipinski definition) is 4. The fourth-order valence-electron chi connectivity index (χ4n) is 1.20. The SMILES string of the molecule is [O-][Cl+3]([O-])([O-])O[Se]1=Cc2ccccc2C=C1. The Labute approximate surface area is 92.9 Å². The van der Waals surface area contributed by atoms with Crippen molar-refractivity contribution in [1.82, 2.24) is 0 Å². The van der Waals surface area contributed by atoms with E-state index < -0.39 is 24.0 Å². The summed E-state index contributed by atoms with van der Waals surface area (Å²) in [5.74, 6) is 0. The van der Waals surface area contributed by atoms with Gasteiger partial charge in [0.2, 0.25) is 0 Å². The molecule has 0 aromatic heterocycles. The van der Waals surface area contributed by atoms with Gasteiger partial charge in [0.1, 0.15) is 0 Å². The van der Waals surface area contributed by atoms with Gasteiger partial charge in [-0.1, -0.05) is 0 Å². The molecule has 0 radical (unpaired) electrons. The molecule has 1 aromatic carbocycles. The average molecular weight is 294 g/mol. The van der Waals surface area contributed by atoms with E-state index >= 15 is 0 Å². The van der Waals surface area contributed by atoms with Gasteiger partial charge >= 0.3 is 92.7 Å². The number of halogens is 1. The Bertz CT molecular complexity index is 436. The number of hydrogen-bond donors (Lipinski definition) is 0. The first-order chi connectivity index (χ1) is 7.04. The average Bonchev–Trinajstić information content (AvgIpc) is 2.15. The van der Waals surface area contributed by atoms with E-state index in [0.717, 1.165) is 11.1 Å². The summed E-state index contributed by atoms with van der Waals surface area (Å²) in [6, 6.07) is 7.50. The van der Waals surface area contributed by atoms with E-state index in [1.54, 1.807) is 16.0 Å². The van der Waals surface area contributed by atoms with E-state index in [0.29, 0.717) is 0 Å². The van der Waals surface area contributed by atoms with Gasteiger partial charge < -0.3 is 0 Å². The fraction of sp³-hybridized carbons (Fsp3) is 0. The van der Waals surface area contributed by atoms with Crippen molar-refractivity contribution in [3.63, 3.8) is 0 Å². The van der Waals surface area contributed by atoms with Crippen LogP contribution in [-0.2, 0) is 3.37 Å². The van der Waals surface area contributed by atoms with E-state index in [2.05, 4.69) is 3.37 Å². The Morgan fingerprint density at radius 1 is 1.07 bits per heavy atom. The van der Waals surface area contributed by atoms with Gasteiger partial charge in [-0.2, -0.15) is 0 Å². The van der Waals surface area contributed by atoms with Crippen LogP contribution < -0.4 is 14.0 Å². The molecular weight excluding hydrogens is 287 g/mol.